The summed E-state index contributed by atoms with van der Waals surface area (Å²) >= 11 is 1.63. The first-order valence-electron chi connectivity index (χ1n) is 10.3. The minimum atomic E-state index is -0.213. The van der Waals surface area contributed by atoms with Crippen LogP contribution in [-0.2, 0) is 9.53 Å². The van der Waals surface area contributed by atoms with Gasteiger partial charge in [-0.25, -0.2) is 4.79 Å². The molecule has 4 rings (SSSR count). The molecule has 9 heteroatoms. The van der Waals surface area contributed by atoms with Gasteiger partial charge in [0, 0.05) is 57.6 Å². The standard InChI is InChI=1S/C19H29N5O3S/c1-2-27-19(26)22-10-8-21(9-11-22)15-4-3-6-23(13-15)17(25)12-16-14-28-18-20-5-7-24(16)18/h14-15H,2-13H2,1H3/t15-/m0/s1. The normalized spacial score (nSPS) is 25.5. The Morgan fingerprint density at radius 3 is 2.79 bits per heavy atom. The van der Waals surface area contributed by atoms with Crippen molar-refractivity contribution in [2.75, 3.05) is 59.0 Å². The van der Waals surface area contributed by atoms with Crippen LogP contribution in [0.4, 0.5) is 4.79 Å². The van der Waals surface area contributed by atoms with Gasteiger partial charge in [0.1, 0.15) is 0 Å². The fourth-order valence-electron chi connectivity index (χ4n) is 4.35. The molecule has 28 heavy (non-hydrogen) atoms. The number of carbonyl (C=O) groups is 2. The molecule has 0 bridgehead atoms. The van der Waals surface area contributed by atoms with E-state index in [0.29, 0.717) is 32.2 Å². The Labute approximate surface area is 170 Å². The van der Waals surface area contributed by atoms with Crippen LogP contribution < -0.4 is 0 Å². The number of fused-ring (bicyclic) bond motifs is 1. The third kappa shape index (κ3) is 4.15. The minimum absolute atomic E-state index is 0.213. The van der Waals surface area contributed by atoms with E-state index in [1.807, 2.05) is 11.8 Å². The zero-order valence-electron chi connectivity index (χ0n) is 16.5. The number of piperazine rings is 1. The summed E-state index contributed by atoms with van der Waals surface area (Å²) in [6.45, 7) is 8.71. The van der Waals surface area contributed by atoms with Crippen molar-refractivity contribution in [2.24, 2.45) is 4.99 Å². The van der Waals surface area contributed by atoms with Crippen LogP contribution in [0.5, 0.6) is 0 Å². The third-order valence-corrected chi connectivity index (χ3v) is 6.84. The Kier molecular flexibility index (Phi) is 6.10. The average molecular weight is 408 g/mol. The molecule has 0 saturated carbocycles. The summed E-state index contributed by atoms with van der Waals surface area (Å²) in [5.74, 6) is 0.217. The number of piperidine rings is 1. The number of carbonyl (C=O) groups excluding carboxylic acids is 2. The van der Waals surface area contributed by atoms with E-state index in [2.05, 4.69) is 20.2 Å². The number of hydrogen-bond acceptors (Lipinski definition) is 7. The van der Waals surface area contributed by atoms with Crippen LogP contribution in [-0.4, -0.2) is 102 Å². The van der Waals surface area contributed by atoms with Crippen molar-refractivity contribution in [3.05, 3.63) is 11.1 Å². The van der Waals surface area contributed by atoms with Crippen LogP contribution in [0.2, 0.25) is 0 Å². The number of ether oxygens (including phenoxy) is 1. The smallest absolute Gasteiger partial charge is 0.409 e. The number of amidine groups is 1. The first kappa shape index (κ1) is 19.6. The lowest BCUT2D eigenvalue weighted by molar-refractivity contribution is -0.133. The molecule has 0 N–H and O–H groups in total. The highest BCUT2D eigenvalue weighted by Crippen LogP contribution is 2.31. The van der Waals surface area contributed by atoms with Crippen molar-refractivity contribution >= 4 is 28.9 Å². The molecule has 0 aromatic carbocycles. The summed E-state index contributed by atoms with van der Waals surface area (Å²) in [5.41, 5.74) is 1.09. The van der Waals surface area contributed by atoms with E-state index in [0.717, 1.165) is 63.0 Å². The first-order chi connectivity index (χ1) is 13.7. The second-order valence-corrected chi connectivity index (χ2v) is 8.41. The lowest BCUT2D eigenvalue weighted by Crippen LogP contribution is -2.56. The zero-order chi connectivity index (χ0) is 19.5. The molecule has 154 valence electrons. The van der Waals surface area contributed by atoms with Gasteiger partial charge in [-0.1, -0.05) is 11.8 Å². The van der Waals surface area contributed by atoms with Crippen LogP contribution in [0.15, 0.2) is 16.1 Å². The molecule has 0 radical (unpaired) electrons. The fraction of sp³-hybridized carbons (Fsp3) is 0.737. The molecule has 2 amide bonds. The molecule has 0 aromatic heterocycles. The summed E-state index contributed by atoms with van der Waals surface area (Å²) in [5, 5.41) is 3.12. The highest BCUT2D eigenvalue weighted by atomic mass is 32.2. The van der Waals surface area contributed by atoms with Crippen molar-refractivity contribution in [3.63, 3.8) is 0 Å². The molecule has 2 fully saturated rings. The molecule has 8 nitrogen and oxygen atoms in total. The monoisotopic (exact) mass is 407 g/mol. The van der Waals surface area contributed by atoms with Gasteiger partial charge in [-0.05, 0) is 25.2 Å². The maximum Gasteiger partial charge on any atom is 0.409 e. The van der Waals surface area contributed by atoms with Gasteiger partial charge in [0.15, 0.2) is 5.17 Å². The summed E-state index contributed by atoms with van der Waals surface area (Å²) < 4.78 is 5.10. The Hall–Kier alpha value is -1.74. The van der Waals surface area contributed by atoms with E-state index >= 15 is 0 Å². The van der Waals surface area contributed by atoms with Crippen LogP contribution in [0.25, 0.3) is 0 Å². The number of amides is 2. The van der Waals surface area contributed by atoms with Gasteiger partial charge in [-0.2, -0.15) is 0 Å². The number of nitrogens with zero attached hydrogens (tertiary/aromatic N) is 5. The van der Waals surface area contributed by atoms with Crippen molar-refractivity contribution in [2.45, 2.75) is 32.2 Å². The molecule has 0 spiro atoms. The van der Waals surface area contributed by atoms with E-state index in [4.69, 9.17) is 4.74 Å². The molecular formula is C19H29N5O3S. The van der Waals surface area contributed by atoms with Gasteiger partial charge in [0.25, 0.3) is 0 Å². The van der Waals surface area contributed by atoms with Crippen LogP contribution in [0.1, 0.15) is 26.2 Å². The molecule has 0 aromatic rings. The summed E-state index contributed by atoms with van der Waals surface area (Å²) in [7, 11) is 0. The summed E-state index contributed by atoms with van der Waals surface area (Å²) in [4.78, 5) is 37.7. The topological polar surface area (TPSA) is 68.7 Å². The van der Waals surface area contributed by atoms with E-state index in [9.17, 15) is 9.59 Å². The van der Waals surface area contributed by atoms with Crippen LogP contribution >= 0.6 is 11.8 Å². The predicted octanol–water partition coefficient (Wildman–Crippen LogP) is 1.40. The van der Waals surface area contributed by atoms with Gasteiger partial charge in [-0.3, -0.25) is 14.7 Å². The largest absolute Gasteiger partial charge is 0.450 e. The first-order valence-corrected chi connectivity index (χ1v) is 11.1. The zero-order valence-corrected chi connectivity index (χ0v) is 17.3. The van der Waals surface area contributed by atoms with E-state index in [1.54, 1.807) is 16.7 Å². The maximum absolute atomic E-state index is 12.9. The number of likely N-dealkylation sites (tertiary alicyclic amines) is 1. The second-order valence-electron chi connectivity index (χ2n) is 7.58. The Bertz CT molecular complexity index is 674. The predicted molar refractivity (Wildman–Crippen MR) is 109 cm³/mol. The van der Waals surface area contributed by atoms with Crippen LogP contribution in [0.3, 0.4) is 0 Å². The molecule has 1 atom stereocenters. The lowest BCUT2D eigenvalue weighted by Gasteiger charge is -2.43. The Balaban J connectivity index is 1.27. The molecule has 0 aliphatic carbocycles. The summed E-state index contributed by atoms with van der Waals surface area (Å²) in [6.07, 6.45) is 2.41. The van der Waals surface area contributed by atoms with Crippen molar-refractivity contribution in [3.8, 4) is 0 Å². The number of aliphatic imine (C=N–C) groups is 1. The highest BCUT2D eigenvalue weighted by molar-refractivity contribution is 8.16. The molecule has 4 aliphatic rings. The lowest BCUT2D eigenvalue weighted by atomic mass is 10.0. The van der Waals surface area contributed by atoms with E-state index in [-0.39, 0.29) is 12.0 Å². The quantitative estimate of drug-likeness (QED) is 0.702. The van der Waals surface area contributed by atoms with Crippen LogP contribution in [0, 0.1) is 0 Å². The van der Waals surface area contributed by atoms with Gasteiger partial charge < -0.3 is 19.4 Å². The molecule has 4 heterocycles. The average Bonchev–Trinajstić information content (AvgIpc) is 3.33. The number of thioether (sulfide) groups is 1. The Morgan fingerprint density at radius 2 is 2.00 bits per heavy atom. The van der Waals surface area contributed by atoms with E-state index < -0.39 is 0 Å². The van der Waals surface area contributed by atoms with Crippen molar-refractivity contribution in [1.29, 1.82) is 0 Å². The summed E-state index contributed by atoms with van der Waals surface area (Å²) in [6, 6.07) is 0.387. The minimum Gasteiger partial charge on any atom is -0.450 e. The number of rotatable bonds is 4. The van der Waals surface area contributed by atoms with Gasteiger partial charge in [0.05, 0.1) is 19.6 Å². The third-order valence-electron chi connectivity index (χ3n) is 5.89. The van der Waals surface area contributed by atoms with Crippen molar-refractivity contribution < 1.29 is 14.3 Å². The molecular weight excluding hydrogens is 378 g/mol. The van der Waals surface area contributed by atoms with Crippen molar-refractivity contribution in [1.82, 2.24) is 19.6 Å². The van der Waals surface area contributed by atoms with Gasteiger partial charge in [0.2, 0.25) is 5.91 Å². The fourth-order valence-corrected chi connectivity index (χ4v) is 5.30. The molecule has 0 unspecified atom stereocenters. The van der Waals surface area contributed by atoms with E-state index in [1.165, 1.54) is 0 Å². The maximum atomic E-state index is 12.9. The van der Waals surface area contributed by atoms with Gasteiger partial charge >= 0.3 is 6.09 Å². The molecule has 4 aliphatic heterocycles. The number of hydrogen-bond donors (Lipinski definition) is 0. The second kappa shape index (κ2) is 8.73. The molecule has 2 saturated heterocycles. The Morgan fingerprint density at radius 1 is 1.18 bits per heavy atom. The highest BCUT2D eigenvalue weighted by Gasteiger charge is 2.33. The van der Waals surface area contributed by atoms with Gasteiger partial charge in [-0.15, -0.1) is 0 Å². The SMILES string of the molecule is CCOC(=O)N1CCN([C@H]2CCCN(C(=O)CC3=CSC4=NCCN34)C2)CC1.